The molecule has 4 rings (SSSR count). The number of carbonyl (C=O) groups is 1. The fourth-order valence-electron chi connectivity index (χ4n) is 3.17. The van der Waals surface area contributed by atoms with Crippen LogP contribution in [0, 0.1) is 0 Å². The lowest BCUT2D eigenvalue weighted by atomic mass is 10.2. The molecule has 2 aromatic rings. The van der Waals surface area contributed by atoms with Crippen LogP contribution in [0.3, 0.4) is 0 Å². The van der Waals surface area contributed by atoms with Crippen molar-refractivity contribution in [2.75, 3.05) is 13.2 Å². The van der Waals surface area contributed by atoms with Gasteiger partial charge in [0, 0.05) is 13.0 Å². The lowest BCUT2D eigenvalue weighted by molar-refractivity contribution is -0.142. The smallest absolute Gasteiger partial charge is 0.267 e. The summed E-state index contributed by atoms with van der Waals surface area (Å²) in [5, 5.41) is 4.03. The molecule has 1 aromatic heterocycles. The number of rotatable bonds is 3. The molecule has 0 radical (unpaired) electrons. The molecule has 0 spiro atoms. The van der Waals surface area contributed by atoms with E-state index in [4.69, 9.17) is 14.0 Å². The van der Waals surface area contributed by atoms with E-state index in [0.717, 1.165) is 12.8 Å². The Labute approximate surface area is 139 Å². The predicted molar refractivity (Wildman–Crippen MR) is 83.7 cm³/mol. The second-order valence-corrected chi connectivity index (χ2v) is 5.95. The number of aryl methyl sites for hydroxylation is 1. The largest absolute Gasteiger partial charge is 0.485 e. The number of hydrogen-bond donors (Lipinski definition) is 0. The van der Waals surface area contributed by atoms with Crippen LogP contribution in [0.5, 0.6) is 11.5 Å². The van der Waals surface area contributed by atoms with Crippen LogP contribution < -0.4 is 9.47 Å². The van der Waals surface area contributed by atoms with Crippen LogP contribution >= 0.6 is 0 Å². The Balaban J connectivity index is 1.51. The fourth-order valence-corrected chi connectivity index (χ4v) is 3.17. The molecule has 7 nitrogen and oxygen atoms in total. The van der Waals surface area contributed by atoms with Crippen LogP contribution in [0.4, 0.5) is 0 Å². The highest BCUT2D eigenvalue weighted by Gasteiger charge is 2.39. The average Bonchev–Trinajstić information content (AvgIpc) is 3.29. The highest BCUT2D eigenvalue weighted by Crippen LogP contribution is 2.34. The molecule has 2 aliphatic rings. The summed E-state index contributed by atoms with van der Waals surface area (Å²) in [6, 6.07) is 7.23. The first kappa shape index (κ1) is 15.0. The van der Waals surface area contributed by atoms with Crippen molar-refractivity contribution in [1.82, 2.24) is 15.0 Å². The molecule has 2 aliphatic heterocycles. The van der Waals surface area contributed by atoms with Gasteiger partial charge in [-0.05, 0) is 25.0 Å². The second-order valence-electron chi connectivity index (χ2n) is 5.95. The lowest BCUT2D eigenvalue weighted by Gasteiger charge is -2.30. The molecular weight excluding hydrogens is 310 g/mol. The molecule has 1 saturated heterocycles. The number of para-hydroxylation sites is 2. The molecule has 2 atom stereocenters. The van der Waals surface area contributed by atoms with Gasteiger partial charge in [-0.2, -0.15) is 4.98 Å². The maximum absolute atomic E-state index is 12.9. The molecule has 1 aromatic carbocycles. The summed E-state index contributed by atoms with van der Waals surface area (Å²) in [5.41, 5.74) is 0. The molecule has 0 bridgehead atoms. The number of benzene rings is 1. The highest BCUT2D eigenvalue weighted by molar-refractivity contribution is 5.82. The van der Waals surface area contributed by atoms with Crippen LogP contribution in [-0.4, -0.2) is 40.2 Å². The summed E-state index contributed by atoms with van der Waals surface area (Å²) in [6.07, 6.45) is 1.79. The van der Waals surface area contributed by atoms with E-state index < -0.39 is 6.10 Å². The number of hydrogen-bond acceptors (Lipinski definition) is 6. The van der Waals surface area contributed by atoms with Crippen molar-refractivity contribution in [3.63, 3.8) is 0 Å². The molecule has 0 saturated carbocycles. The molecule has 1 fully saturated rings. The van der Waals surface area contributed by atoms with E-state index in [-0.39, 0.29) is 18.6 Å². The van der Waals surface area contributed by atoms with E-state index in [9.17, 15) is 4.79 Å². The summed E-state index contributed by atoms with van der Waals surface area (Å²) < 4.78 is 16.7. The van der Waals surface area contributed by atoms with Gasteiger partial charge in [-0.25, -0.2) is 0 Å². The van der Waals surface area contributed by atoms with Crippen molar-refractivity contribution in [3.05, 3.63) is 36.0 Å². The van der Waals surface area contributed by atoms with Crippen LogP contribution in [0.25, 0.3) is 0 Å². The van der Waals surface area contributed by atoms with Gasteiger partial charge in [-0.3, -0.25) is 4.79 Å². The van der Waals surface area contributed by atoms with Gasteiger partial charge in [0.2, 0.25) is 12.0 Å². The average molecular weight is 329 g/mol. The third kappa shape index (κ3) is 2.60. The van der Waals surface area contributed by atoms with Crippen molar-refractivity contribution in [3.8, 4) is 11.5 Å². The van der Waals surface area contributed by atoms with Gasteiger partial charge in [0.25, 0.3) is 5.91 Å². The monoisotopic (exact) mass is 329 g/mol. The SMILES string of the molecule is CCc1nc([C@H]2CCCN2C(=O)[C@@H]2COc3ccccc3O2)no1. The van der Waals surface area contributed by atoms with E-state index in [2.05, 4.69) is 10.1 Å². The topological polar surface area (TPSA) is 77.7 Å². The predicted octanol–water partition coefficient (Wildman–Crippen LogP) is 2.14. The van der Waals surface area contributed by atoms with E-state index >= 15 is 0 Å². The van der Waals surface area contributed by atoms with Crippen molar-refractivity contribution in [2.45, 2.75) is 38.3 Å². The molecule has 1 amide bonds. The quantitative estimate of drug-likeness (QED) is 0.858. The first-order chi connectivity index (χ1) is 11.8. The van der Waals surface area contributed by atoms with Gasteiger partial charge < -0.3 is 18.9 Å². The van der Waals surface area contributed by atoms with Crippen molar-refractivity contribution < 1.29 is 18.8 Å². The third-order valence-electron chi connectivity index (χ3n) is 4.40. The van der Waals surface area contributed by atoms with Gasteiger partial charge in [0.15, 0.2) is 17.3 Å². The fraction of sp³-hybridized carbons (Fsp3) is 0.471. The van der Waals surface area contributed by atoms with Crippen molar-refractivity contribution in [2.24, 2.45) is 0 Å². The maximum Gasteiger partial charge on any atom is 0.267 e. The number of fused-ring (bicyclic) bond motifs is 1. The van der Waals surface area contributed by atoms with Gasteiger partial charge >= 0.3 is 0 Å². The minimum Gasteiger partial charge on any atom is -0.485 e. The van der Waals surface area contributed by atoms with Crippen LogP contribution in [0.1, 0.15) is 37.5 Å². The lowest BCUT2D eigenvalue weighted by Crippen LogP contribution is -2.46. The number of nitrogens with zero attached hydrogens (tertiary/aromatic N) is 3. The summed E-state index contributed by atoms with van der Waals surface area (Å²) in [6.45, 7) is 2.84. The Morgan fingerprint density at radius 1 is 1.33 bits per heavy atom. The van der Waals surface area contributed by atoms with E-state index in [0.29, 0.717) is 36.2 Å². The minimum absolute atomic E-state index is 0.0881. The third-order valence-corrected chi connectivity index (χ3v) is 4.40. The Bertz CT molecular complexity index is 745. The molecule has 0 N–H and O–H groups in total. The summed E-state index contributed by atoms with van der Waals surface area (Å²) in [7, 11) is 0. The molecule has 7 heteroatoms. The number of aromatic nitrogens is 2. The Morgan fingerprint density at radius 2 is 2.17 bits per heavy atom. The van der Waals surface area contributed by atoms with Gasteiger partial charge in [0.05, 0.1) is 6.04 Å². The maximum atomic E-state index is 12.9. The number of amides is 1. The molecule has 126 valence electrons. The van der Waals surface area contributed by atoms with E-state index in [1.165, 1.54) is 0 Å². The number of ether oxygens (including phenoxy) is 2. The van der Waals surface area contributed by atoms with Gasteiger partial charge in [-0.15, -0.1) is 0 Å². The molecule has 3 heterocycles. The zero-order valence-corrected chi connectivity index (χ0v) is 13.5. The van der Waals surface area contributed by atoms with Crippen molar-refractivity contribution in [1.29, 1.82) is 0 Å². The molecule has 0 unspecified atom stereocenters. The normalized spacial score (nSPS) is 22.6. The highest BCUT2D eigenvalue weighted by atomic mass is 16.6. The summed E-state index contributed by atoms with van der Waals surface area (Å²) in [5.74, 6) is 2.36. The summed E-state index contributed by atoms with van der Waals surface area (Å²) in [4.78, 5) is 19.1. The molecular formula is C17H19N3O4. The Morgan fingerprint density at radius 3 is 2.96 bits per heavy atom. The van der Waals surface area contributed by atoms with Crippen LogP contribution in [0.2, 0.25) is 0 Å². The van der Waals surface area contributed by atoms with E-state index in [1.807, 2.05) is 31.2 Å². The standard InChI is InChI=1S/C17H19N3O4/c1-2-15-18-16(19-24-15)11-6-5-9-20(11)17(21)14-10-22-12-7-3-4-8-13(12)23-14/h3-4,7-8,11,14H,2,5-6,9-10H2,1H3/t11-,14+/m1/s1. The van der Waals surface area contributed by atoms with Gasteiger partial charge in [0.1, 0.15) is 6.61 Å². The van der Waals surface area contributed by atoms with Crippen molar-refractivity contribution >= 4 is 5.91 Å². The second kappa shape index (κ2) is 6.14. The Kier molecular flexibility index (Phi) is 3.84. The van der Waals surface area contributed by atoms with Crippen LogP contribution in [0.15, 0.2) is 28.8 Å². The van der Waals surface area contributed by atoms with Gasteiger partial charge in [-0.1, -0.05) is 24.2 Å². The summed E-state index contributed by atoms with van der Waals surface area (Å²) >= 11 is 0. The first-order valence-electron chi connectivity index (χ1n) is 8.27. The van der Waals surface area contributed by atoms with E-state index in [1.54, 1.807) is 4.90 Å². The minimum atomic E-state index is -0.641. The first-order valence-corrected chi connectivity index (χ1v) is 8.27. The zero-order valence-electron chi connectivity index (χ0n) is 13.5. The zero-order chi connectivity index (χ0) is 16.5. The number of likely N-dealkylation sites (tertiary alicyclic amines) is 1. The Hall–Kier alpha value is -2.57. The number of carbonyl (C=O) groups excluding carboxylic acids is 1. The van der Waals surface area contributed by atoms with Crippen LogP contribution in [-0.2, 0) is 11.2 Å². The molecule has 24 heavy (non-hydrogen) atoms. The molecule has 0 aliphatic carbocycles.